The molecule has 0 aromatic rings. The van der Waals surface area contributed by atoms with E-state index in [0.717, 1.165) is 115 Å². The van der Waals surface area contributed by atoms with E-state index < -0.39 is 97.5 Å². The lowest BCUT2D eigenvalue weighted by Crippen LogP contribution is -2.30. The molecule has 0 aliphatic heterocycles. The fourth-order valence-electron chi connectivity index (χ4n) is 10.8. The standard InChI is InChI=1S/C71H138O17P2/c1-6-10-13-16-19-21-22-29-33-36-41-45-50-55-69(74)82-61-67(88-71(76)57-52-47-42-37-34-31-28-26-24-23-25-27-30-32-35-39-43-48-53-64(5)9-4)63-86-90(79,80)84-59-65(72)58-83-89(77,78)85-62-66(60-81-68(73)54-49-44-38-18-15-12-8-3)87-70(75)56-51-46-40-20-17-14-11-7-2/h64-67,72H,6-63H2,1-5H3,(H,77,78)(H,79,80)/t64?,65-,66+,67+/m0/s1. The van der Waals surface area contributed by atoms with Gasteiger partial charge in [0.05, 0.1) is 26.4 Å². The van der Waals surface area contributed by atoms with E-state index in [4.69, 9.17) is 37.0 Å². The molecule has 0 rings (SSSR count). The average molecular weight is 1330 g/mol. The van der Waals surface area contributed by atoms with Gasteiger partial charge in [0, 0.05) is 25.7 Å². The van der Waals surface area contributed by atoms with E-state index in [-0.39, 0.29) is 25.7 Å². The van der Waals surface area contributed by atoms with Crippen LogP contribution in [0.2, 0.25) is 0 Å². The second-order valence-corrected chi connectivity index (χ2v) is 28.8. The van der Waals surface area contributed by atoms with Gasteiger partial charge in [-0.2, -0.15) is 0 Å². The zero-order chi connectivity index (χ0) is 66.3. The van der Waals surface area contributed by atoms with E-state index in [1.807, 2.05) is 0 Å². The molecule has 0 amide bonds. The maximum Gasteiger partial charge on any atom is 0.472 e. The molecule has 90 heavy (non-hydrogen) atoms. The molecule has 0 aromatic heterocycles. The molecule has 0 fully saturated rings. The van der Waals surface area contributed by atoms with Gasteiger partial charge in [-0.3, -0.25) is 37.3 Å². The number of phosphoric acid groups is 2. The minimum atomic E-state index is -4.95. The van der Waals surface area contributed by atoms with Crippen molar-refractivity contribution in [3.63, 3.8) is 0 Å². The third-order valence-electron chi connectivity index (χ3n) is 16.9. The van der Waals surface area contributed by atoms with Crippen molar-refractivity contribution < 1.29 is 80.2 Å². The molecular formula is C71H138O17P2. The summed E-state index contributed by atoms with van der Waals surface area (Å²) >= 11 is 0. The van der Waals surface area contributed by atoms with E-state index in [0.29, 0.717) is 25.7 Å². The van der Waals surface area contributed by atoms with Gasteiger partial charge in [0.2, 0.25) is 0 Å². The summed E-state index contributed by atoms with van der Waals surface area (Å²) in [5.74, 6) is -1.26. The maximum absolute atomic E-state index is 13.0. The van der Waals surface area contributed by atoms with Gasteiger partial charge < -0.3 is 33.8 Å². The van der Waals surface area contributed by atoms with Crippen LogP contribution >= 0.6 is 15.6 Å². The number of aliphatic hydroxyl groups is 1. The Morgan fingerprint density at radius 2 is 0.533 bits per heavy atom. The van der Waals surface area contributed by atoms with E-state index in [1.165, 1.54) is 173 Å². The number of aliphatic hydroxyl groups excluding tert-OH is 1. The van der Waals surface area contributed by atoms with Crippen LogP contribution in [-0.4, -0.2) is 96.7 Å². The number of phosphoric ester groups is 2. The quantitative estimate of drug-likeness (QED) is 0.0222. The highest BCUT2D eigenvalue weighted by molar-refractivity contribution is 7.47. The molecule has 534 valence electrons. The molecule has 17 nitrogen and oxygen atoms in total. The van der Waals surface area contributed by atoms with Crippen molar-refractivity contribution in [3.05, 3.63) is 0 Å². The molecule has 0 bridgehead atoms. The van der Waals surface area contributed by atoms with Crippen LogP contribution in [0.25, 0.3) is 0 Å². The Hall–Kier alpha value is -1.94. The predicted molar refractivity (Wildman–Crippen MR) is 363 cm³/mol. The molecule has 3 N–H and O–H groups in total. The van der Waals surface area contributed by atoms with Gasteiger partial charge in [0.15, 0.2) is 12.2 Å². The average Bonchev–Trinajstić information content (AvgIpc) is 2.97. The van der Waals surface area contributed by atoms with Crippen molar-refractivity contribution >= 4 is 39.5 Å². The van der Waals surface area contributed by atoms with Crippen molar-refractivity contribution in [2.45, 2.75) is 387 Å². The summed E-state index contributed by atoms with van der Waals surface area (Å²) in [6.07, 6.45) is 51.6. The summed E-state index contributed by atoms with van der Waals surface area (Å²) in [6.45, 7) is 7.25. The van der Waals surface area contributed by atoms with Crippen LogP contribution < -0.4 is 0 Å². The maximum atomic E-state index is 13.0. The highest BCUT2D eigenvalue weighted by atomic mass is 31.2. The van der Waals surface area contributed by atoms with E-state index >= 15 is 0 Å². The lowest BCUT2D eigenvalue weighted by atomic mass is 9.99. The summed E-state index contributed by atoms with van der Waals surface area (Å²) in [4.78, 5) is 72.3. The Balaban J connectivity index is 5.11. The molecule has 0 saturated carbocycles. The summed E-state index contributed by atoms with van der Waals surface area (Å²) in [6, 6.07) is 0. The number of hydrogen-bond acceptors (Lipinski definition) is 15. The van der Waals surface area contributed by atoms with Gasteiger partial charge in [-0.1, -0.05) is 317 Å². The van der Waals surface area contributed by atoms with E-state index in [1.54, 1.807) is 0 Å². The Morgan fingerprint density at radius 1 is 0.311 bits per heavy atom. The lowest BCUT2D eigenvalue weighted by molar-refractivity contribution is -0.161. The van der Waals surface area contributed by atoms with Gasteiger partial charge >= 0.3 is 39.5 Å². The molecule has 0 spiro atoms. The van der Waals surface area contributed by atoms with E-state index in [9.17, 15) is 43.2 Å². The first-order valence-corrected chi connectivity index (χ1v) is 40.2. The largest absolute Gasteiger partial charge is 0.472 e. The predicted octanol–water partition coefficient (Wildman–Crippen LogP) is 20.5. The van der Waals surface area contributed by atoms with Gasteiger partial charge in [-0.05, 0) is 31.6 Å². The number of carbonyl (C=O) groups excluding carboxylic acids is 4. The smallest absolute Gasteiger partial charge is 0.462 e. The summed E-state index contributed by atoms with van der Waals surface area (Å²) < 4.78 is 68.1. The third-order valence-corrected chi connectivity index (χ3v) is 18.8. The molecule has 0 saturated heterocycles. The molecule has 0 aliphatic rings. The number of rotatable bonds is 71. The third kappa shape index (κ3) is 63.5. The number of hydrogen-bond donors (Lipinski definition) is 3. The molecule has 19 heteroatoms. The second kappa shape index (κ2) is 64.4. The Labute approximate surface area is 549 Å². The van der Waals surface area contributed by atoms with Crippen LogP contribution in [0.4, 0.5) is 0 Å². The molecule has 0 heterocycles. The monoisotopic (exact) mass is 1320 g/mol. The Kier molecular flexibility index (Phi) is 63.0. The Bertz CT molecular complexity index is 1740. The first kappa shape index (κ1) is 88.1. The van der Waals surface area contributed by atoms with Crippen molar-refractivity contribution in [1.82, 2.24) is 0 Å². The van der Waals surface area contributed by atoms with Crippen molar-refractivity contribution in [2.75, 3.05) is 39.6 Å². The molecule has 0 aromatic carbocycles. The molecule has 3 unspecified atom stereocenters. The summed E-state index contributed by atoms with van der Waals surface area (Å²) in [5, 5.41) is 10.6. The molecular weight excluding hydrogens is 1190 g/mol. The number of carbonyl (C=O) groups is 4. The number of esters is 4. The zero-order valence-corrected chi connectivity index (χ0v) is 60.1. The van der Waals surface area contributed by atoms with Crippen LogP contribution in [0.15, 0.2) is 0 Å². The minimum Gasteiger partial charge on any atom is -0.462 e. The lowest BCUT2D eigenvalue weighted by Gasteiger charge is -2.21. The van der Waals surface area contributed by atoms with Gasteiger partial charge in [-0.15, -0.1) is 0 Å². The van der Waals surface area contributed by atoms with Crippen molar-refractivity contribution in [3.8, 4) is 0 Å². The van der Waals surface area contributed by atoms with Gasteiger partial charge in [0.1, 0.15) is 19.3 Å². The van der Waals surface area contributed by atoms with Crippen LogP contribution in [0.1, 0.15) is 369 Å². The highest BCUT2D eigenvalue weighted by Gasteiger charge is 2.30. The molecule has 0 radical (unpaired) electrons. The van der Waals surface area contributed by atoms with E-state index in [2.05, 4.69) is 34.6 Å². The minimum absolute atomic E-state index is 0.105. The number of ether oxygens (including phenoxy) is 4. The first-order chi connectivity index (χ1) is 43.6. The SMILES string of the molecule is CCCCCCCCCCCCCCCC(=O)OC[C@H](COP(=O)(O)OC[C@@H](O)COP(=O)(O)OC[C@@H](COC(=O)CCCCCCCCC)OC(=O)CCCCCCCCCC)OC(=O)CCCCCCCCCCCCCCCCCCCCC(C)CC. The van der Waals surface area contributed by atoms with Crippen LogP contribution in [-0.2, 0) is 65.4 Å². The Morgan fingerprint density at radius 3 is 0.789 bits per heavy atom. The normalized spacial score (nSPS) is 14.4. The summed E-state index contributed by atoms with van der Waals surface area (Å²) in [5.41, 5.74) is 0. The molecule has 6 atom stereocenters. The zero-order valence-electron chi connectivity index (χ0n) is 58.3. The first-order valence-electron chi connectivity index (χ1n) is 37.2. The fourth-order valence-corrected chi connectivity index (χ4v) is 12.4. The summed E-state index contributed by atoms with van der Waals surface area (Å²) in [7, 11) is -9.89. The molecule has 0 aliphatic carbocycles. The van der Waals surface area contributed by atoms with Crippen LogP contribution in [0.5, 0.6) is 0 Å². The van der Waals surface area contributed by atoms with Crippen molar-refractivity contribution in [2.24, 2.45) is 5.92 Å². The van der Waals surface area contributed by atoms with Gasteiger partial charge in [-0.25, -0.2) is 9.13 Å². The van der Waals surface area contributed by atoms with Crippen LogP contribution in [0, 0.1) is 5.92 Å². The highest BCUT2D eigenvalue weighted by Crippen LogP contribution is 2.45. The second-order valence-electron chi connectivity index (χ2n) is 25.9. The van der Waals surface area contributed by atoms with Gasteiger partial charge in [0.25, 0.3) is 0 Å². The fraction of sp³-hybridized carbons (Fsp3) is 0.944. The number of unbranched alkanes of at least 4 members (excludes halogenated alkanes) is 42. The topological polar surface area (TPSA) is 237 Å². The van der Waals surface area contributed by atoms with Crippen molar-refractivity contribution in [1.29, 1.82) is 0 Å². The van der Waals surface area contributed by atoms with Crippen LogP contribution in [0.3, 0.4) is 0 Å².